The molecule has 3 heteroatoms. The SMILES string of the molecule is CC[C@]1(CCC(=O)OC)CCCCC1=O. The molecule has 0 radical (unpaired) electrons. The molecule has 0 aromatic heterocycles. The molecule has 0 bridgehead atoms. The van der Waals surface area contributed by atoms with Gasteiger partial charge in [-0.15, -0.1) is 0 Å². The second kappa shape index (κ2) is 5.29. The van der Waals surface area contributed by atoms with Gasteiger partial charge in [0.25, 0.3) is 0 Å². The summed E-state index contributed by atoms with van der Waals surface area (Å²) in [7, 11) is 1.39. The molecular formula is C12H20O3. The Balaban J connectivity index is 2.58. The minimum Gasteiger partial charge on any atom is -0.469 e. The zero-order valence-electron chi connectivity index (χ0n) is 9.67. The maximum absolute atomic E-state index is 11.9. The summed E-state index contributed by atoms with van der Waals surface area (Å²) in [6, 6.07) is 0. The predicted molar refractivity (Wildman–Crippen MR) is 57.4 cm³/mol. The minimum absolute atomic E-state index is 0.207. The topological polar surface area (TPSA) is 43.4 Å². The first kappa shape index (κ1) is 12.2. The Morgan fingerprint density at radius 2 is 2.20 bits per heavy atom. The van der Waals surface area contributed by atoms with Crippen LogP contribution >= 0.6 is 0 Å². The van der Waals surface area contributed by atoms with E-state index in [2.05, 4.69) is 4.74 Å². The molecule has 1 saturated carbocycles. The van der Waals surface area contributed by atoms with E-state index in [0.29, 0.717) is 25.0 Å². The number of esters is 1. The average molecular weight is 212 g/mol. The lowest BCUT2D eigenvalue weighted by molar-refractivity contribution is -0.142. The van der Waals surface area contributed by atoms with Crippen LogP contribution in [0, 0.1) is 5.41 Å². The fourth-order valence-corrected chi connectivity index (χ4v) is 2.41. The third kappa shape index (κ3) is 2.80. The normalized spacial score (nSPS) is 26.4. The van der Waals surface area contributed by atoms with Crippen LogP contribution in [0.2, 0.25) is 0 Å². The predicted octanol–water partition coefficient (Wildman–Crippen LogP) is 2.48. The monoisotopic (exact) mass is 212 g/mol. The number of rotatable bonds is 4. The van der Waals surface area contributed by atoms with Crippen LogP contribution in [-0.4, -0.2) is 18.9 Å². The summed E-state index contributed by atoms with van der Waals surface area (Å²) in [6.45, 7) is 2.04. The number of methoxy groups -OCH3 is 1. The van der Waals surface area contributed by atoms with Gasteiger partial charge in [0, 0.05) is 18.3 Å². The third-order valence-electron chi connectivity index (χ3n) is 3.61. The van der Waals surface area contributed by atoms with Gasteiger partial charge in [-0.25, -0.2) is 0 Å². The number of hydrogen-bond donors (Lipinski definition) is 0. The van der Waals surface area contributed by atoms with Gasteiger partial charge in [0.2, 0.25) is 0 Å². The van der Waals surface area contributed by atoms with Gasteiger partial charge in [-0.1, -0.05) is 13.3 Å². The lowest BCUT2D eigenvalue weighted by Crippen LogP contribution is -2.34. The van der Waals surface area contributed by atoms with Crippen molar-refractivity contribution in [3.63, 3.8) is 0 Å². The van der Waals surface area contributed by atoms with Crippen molar-refractivity contribution in [3.8, 4) is 0 Å². The number of carbonyl (C=O) groups excluding carboxylic acids is 2. The van der Waals surface area contributed by atoms with Crippen molar-refractivity contribution in [3.05, 3.63) is 0 Å². The van der Waals surface area contributed by atoms with Crippen LogP contribution in [0.5, 0.6) is 0 Å². The first-order valence-electron chi connectivity index (χ1n) is 5.75. The molecule has 0 aromatic rings. The first-order valence-corrected chi connectivity index (χ1v) is 5.75. The molecule has 0 N–H and O–H groups in total. The highest BCUT2D eigenvalue weighted by molar-refractivity contribution is 5.86. The highest BCUT2D eigenvalue weighted by atomic mass is 16.5. The van der Waals surface area contributed by atoms with Crippen LogP contribution in [0.3, 0.4) is 0 Å². The van der Waals surface area contributed by atoms with Crippen molar-refractivity contribution < 1.29 is 14.3 Å². The number of Topliss-reactive ketones (excluding diaryl/α,β-unsaturated/α-hetero) is 1. The number of ketones is 1. The molecule has 1 aliphatic carbocycles. The fraction of sp³-hybridized carbons (Fsp3) is 0.833. The maximum atomic E-state index is 11.9. The van der Waals surface area contributed by atoms with Crippen LogP contribution in [0.1, 0.15) is 51.9 Å². The van der Waals surface area contributed by atoms with Gasteiger partial charge >= 0.3 is 5.97 Å². The molecule has 0 aromatic carbocycles. The molecule has 0 heterocycles. The first-order chi connectivity index (χ1) is 7.14. The Labute approximate surface area is 91.2 Å². The average Bonchev–Trinajstić information content (AvgIpc) is 2.28. The second-order valence-electron chi connectivity index (χ2n) is 4.34. The molecule has 1 fully saturated rings. The molecular weight excluding hydrogens is 192 g/mol. The Bertz CT molecular complexity index is 247. The highest BCUT2D eigenvalue weighted by Crippen LogP contribution is 2.40. The summed E-state index contributed by atoms with van der Waals surface area (Å²) in [6.07, 6.45) is 5.64. The van der Waals surface area contributed by atoms with E-state index in [0.717, 1.165) is 25.7 Å². The van der Waals surface area contributed by atoms with Crippen molar-refractivity contribution >= 4 is 11.8 Å². The van der Waals surface area contributed by atoms with Crippen LogP contribution in [0.25, 0.3) is 0 Å². The van der Waals surface area contributed by atoms with Gasteiger partial charge in [-0.2, -0.15) is 0 Å². The molecule has 0 unspecified atom stereocenters. The smallest absolute Gasteiger partial charge is 0.305 e. The standard InChI is InChI=1S/C12H20O3/c1-3-12(9-7-11(14)15-2)8-5-4-6-10(12)13/h3-9H2,1-2H3/t12-/m1/s1. The largest absolute Gasteiger partial charge is 0.469 e. The van der Waals surface area contributed by atoms with Gasteiger partial charge in [0.15, 0.2) is 0 Å². The van der Waals surface area contributed by atoms with Crippen LogP contribution in [0.4, 0.5) is 0 Å². The van der Waals surface area contributed by atoms with Crippen molar-refractivity contribution in [2.75, 3.05) is 7.11 Å². The summed E-state index contributed by atoms with van der Waals surface area (Å²) in [5.41, 5.74) is -0.230. The molecule has 0 aliphatic heterocycles. The molecule has 1 atom stereocenters. The molecule has 0 amide bonds. The highest BCUT2D eigenvalue weighted by Gasteiger charge is 2.37. The lowest BCUT2D eigenvalue weighted by atomic mass is 9.68. The lowest BCUT2D eigenvalue weighted by Gasteiger charge is -2.34. The van der Waals surface area contributed by atoms with Crippen LogP contribution in [-0.2, 0) is 14.3 Å². The van der Waals surface area contributed by atoms with E-state index < -0.39 is 0 Å². The van der Waals surface area contributed by atoms with Gasteiger partial charge in [0.05, 0.1) is 7.11 Å². The molecule has 1 aliphatic rings. The van der Waals surface area contributed by atoms with Gasteiger partial charge in [-0.3, -0.25) is 9.59 Å². The van der Waals surface area contributed by atoms with Gasteiger partial charge in [0.1, 0.15) is 5.78 Å². The van der Waals surface area contributed by atoms with Crippen molar-refractivity contribution in [1.82, 2.24) is 0 Å². The van der Waals surface area contributed by atoms with Crippen molar-refractivity contribution in [2.24, 2.45) is 5.41 Å². The van der Waals surface area contributed by atoms with Crippen LogP contribution in [0.15, 0.2) is 0 Å². The summed E-state index contributed by atoms with van der Waals surface area (Å²) >= 11 is 0. The van der Waals surface area contributed by atoms with E-state index in [-0.39, 0.29) is 11.4 Å². The molecule has 86 valence electrons. The van der Waals surface area contributed by atoms with Crippen LogP contribution < -0.4 is 0 Å². The number of hydrogen-bond acceptors (Lipinski definition) is 3. The Morgan fingerprint density at radius 3 is 2.73 bits per heavy atom. The van der Waals surface area contributed by atoms with E-state index in [1.807, 2.05) is 6.92 Å². The Kier molecular flexibility index (Phi) is 4.30. The Hall–Kier alpha value is -0.860. The number of carbonyl (C=O) groups is 2. The summed E-state index contributed by atoms with van der Waals surface area (Å²) in [4.78, 5) is 23.0. The van der Waals surface area contributed by atoms with E-state index in [9.17, 15) is 9.59 Å². The zero-order chi connectivity index (χ0) is 11.3. The third-order valence-corrected chi connectivity index (χ3v) is 3.61. The summed E-state index contributed by atoms with van der Waals surface area (Å²) in [5.74, 6) is 0.140. The zero-order valence-corrected chi connectivity index (χ0v) is 9.67. The Morgan fingerprint density at radius 1 is 1.47 bits per heavy atom. The molecule has 15 heavy (non-hydrogen) atoms. The quantitative estimate of drug-likeness (QED) is 0.672. The van der Waals surface area contributed by atoms with Crippen molar-refractivity contribution in [2.45, 2.75) is 51.9 Å². The maximum Gasteiger partial charge on any atom is 0.305 e. The molecule has 1 rings (SSSR count). The fourth-order valence-electron chi connectivity index (χ4n) is 2.41. The van der Waals surface area contributed by atoms with Gasteiger partial charge in [-0.05, 0) is 25.7 Å². The van der Waals surface area contributed by atoms with E-state index in [4.69, 9.17) is 0 Å². The van der Waals surface area contributed by atoms with E-state index in [1.54, 1.807) is 0 Å². The molecule has 0 spiro atoms. The summed E-state index contributed by atoms with van der Waals surface area (Å²) < 4.78 is 4.62. The number of ether oxygens (including phenoxy) is 1. The summed E-state index contributed by atoms with van der Waals surface area (Å²) in [5, 5.41) is 0. The van der Waals surface area contributed by atoms with Crippen molar-refractivity contribution in [1.29, 1.82) is 0 Å². The van der Waals surface area contributed by atoms with E-state index in [1.165, 1.54) is 7.11 Å². The molecule has 3 nitrogen and oxygen atoms in total. The van der Waals surface area contributed by atoms with Gasteiger partial charge < -0.3 is 4.74 Å². The molecule has 0 saturated heterocycles. The van der Waals surface area contributed by atoms with E-state index >= 15 is 0 Å². The second-order valence-corrected chi connectivity index (χ2v) is 4.34. The minimum atomic E-state index is -0.230.